The van der Waals surface area contributed by atoms with Crippen molar-refractivity contribution in [3.05, 3.63) is 38.3 Å². The lowest BCUT2D eigenvalue weighted by Crippen LogP contribution is -2.11. The molecule has 0 aromatic heterocycles. The van der Waals surface area contributed by atoms with Crippen molar-refractivity contribution in [1.29, 1.82) is 0 Å². The van der Waals surface area contributed by atoms with Gasteiger partial charge in [0.2, 0.25) is 0 Å². The Morgan fingerprint density at radius 2 is 2.17 bits per heavy atom. The monoisotopic (exact) mass is 317 g/mol. The van der Waals surface area contributed by atoms with Crippen molar-refractivity contribution in [3.63, 3.8) is 0 Å². The standard InChI is InChI=1S/C11H12BrNO5/c1-2-17-6-7-18-11(14)8-4-3-5-9(10(8)12)13(15)16/h3-5H,2,6-7H2,1H3. The average molecular weight is 318 g/mol. The van der Waals surface area contributed by atoms with Crippen LogP contribution in [0.1, 0.15) is 17.3 Å². The van der Waals surface area contributed by atoms with E-state index in [1.54, 1.807) is 0 Å². The van der Waals surface area contributed by atoms with E-state index >= 15 is 0 Å². The van der Waals surface area contributed by atoms with E-state index in [2.05, 4.69) is 15.9 Å². The lowest BCUT2D eigenvalue weighted by atomic mass is 10.2. The summed E-state index contributed by atoms with van der Waals surface area (Å²) in [5.41, 5.74) is -0.0463. The van der Waals surface area contributed by atoms with Gasteiger partial charge in [0.15, 0.2) is 0 Å². The molecule has 0 amide bonds. The third kappa shape index (κ3) is 3.78. The summed E-state index contributed by atoms with van der Waals surface area (Å²) in [5, 5.41) is 10.7. The van der Waals surface area contributed by atoms with Crippen molar-refractivity contribution in [2.24, 2.45) is 0 Å². The van der Waals surface area contributed by atoms with E-state index in [9.17, 15) is 14.9 Å². The number of halogens is 1. The zero-order valence-electron chi connectivity index (χ0n) is 9.72. The fourth-order valence-electron chi connectivity index (χ4n) is 1.23. The quantitative estimate of drug-likeness (QED) is 0.348. The van der Waals surface area contributed by atoms with Gasteiger partial charge in [0, 0.05) is 12.7 Å². The van der Waals surface area contributed by atoms with Crippen LogP contribution in [0.15, 0.2) is 22.7 Å². The first-order valence-corrected chi connectivity index (χ1v) is 6.05. The Bertz CT molecular complexity index is 449. The molecule has 0 spiro atoms. The summed E-state index contributed by atoms with van der Waals surface area (Å²) in [6.45, 7) is 2.79. The Morgan fingerprint density at radius 1 is 1.44 bits per heavy atom. The number of carbonyl (C=O) groups is 1. The highest BCUT2D eigenvalue weighted by Gasteiger charge is 2.20. The molecule has 0 aliphatic rings. The van der Waals surface area contributed by atoms with Crippen molar-refractivity contribution in [3.8, 4) is 0 Å². The molecule has 1 aromatic carbocycles. The van der Waals surface area contributed by atoms with Crippen molar-refractivity contribution < 1.29 is 19.2 Å². The van der Waals surface area contributed by atoms with Gasteiger partial charge in [-0.25, -0.2) is 4.79 Å². The molecule has 1 aromatic rings. The van der Waals surface area contributed by atoms with Gasteiger partial charge in [-0.2, -0.15) is 0 Å². The minimum atomic E-state index is -0.620. The molecule has 0 unspecified atom stereocenters. The Labute approximate surface area is 112 Å². The Kier molecular flexibility index (Phi) is 5.73. The third-order valence-corrected chi connectivity index (χ3v) is 2.89. The number of nitro benzene ring substituents is 1. The summed E-state index contributed by atoms with van der Waals surface area (Å²) in [4.78, 5) is 21.8. The molecule has 0 N–H and O–H groups in total. The van der Waals surface area contributed by atoms with Crippen LogP contribution >= 0.6 is 15.9 Å². The van der Waals surface area contributed by atoms with Crippen LogP contribution in [0.4, 0.5) is 5.69 Å². The predicted octanol–water partition coefficient (Wildman–Crippen LogP) is 2.55. The number of nitrogens with zero attached hydrogens (tertiary/aromatic N) is 1. The number of ether oxygens (including phenoxy) is 2. The summed E-state index contributed by atoms with van der Waals surface area (Å²) >= 11 is 3.03. The molecule has 0 aliphatic carbocycles. The van der Waals surface area contributed by atoms with E-state index in [4.69, 9.17) is 9.47 Å². The maximum Gasteiger partial charge on any atom is 0.339 e. The second kappa shape index (κ2) is 7.07. The minimum Gasteiger partial charge on any atom is -0.460 e. The van der Waals surface area contributed by atoms with Crippen molar-refractivity contribution in [2.45, 2.75) is 6.92 Å². The summed E-state index contributed by atoms with van der Waals surface area (Å²) in [7, 11) is 0. The molecule has 0 aliphatic heterocycles. The maximum absolute atomic E-state index is 11.7. The van der Waals surface area contributed by atoms with Crippen LogP contribution in [-0.2, 0) is 9.47 Å². The molecule has 18 heavy (non-hydrogen) atoms. The Hall–Kier alpha value is -1.47. The molecule has 0 bridgehead atoms. The van der Waals surface area contributed by atoms with Gasteiger partial charge in [0.1, 0.15) is 11.1 Å². The van der Waals surface area contributed by atoms with Crippen LogP contribution in [0, 0.1) is 10.1 Å². The zero-order chi connectivity index (χ0) is 13.5. The SMILES string of the molecule is CCOCCOC(=O)c1cccc([N+](=O)[O-])c1Br. The van der Waals surface area contributed by atoms with Gasteiger partial charge >= 0.3 is 5.97 Å². The van der Waals surface area contributed by atoms with Crippen molar-refractivity contribution >= 4 is 27.6 Å². The van der Waals surface area contributed by atoms with E-state index in [0.717, 1.165) is 0 Å². The molecule has 7 heteroatoms. The van der Waals surface area contributed by atoms with Gasteiger partial charge in [0.05, 0.1) is 17.1 Å². The maximum atomic E-state index is 11.7. The second-order valence-corrected chi connectivity index (χ2v) is 4.02. The normalized spacial score (nSPS) is 10.1. The van der Waals surface area contributed by atoms with Gasteiger partial charge in [-0.05, 0) is 28.9 Å². The first-order chi connectivity index (χ1) is 8.57. The number of hydrogen-bond acceptors (Lipinski definition) is 5. The average Bonchev–Trinajstić information content (AvgIpc) is 2.34. The highest BCUT2D eigenvalue weighted by molar-refractivity contribution is 9.10. The first-order valence-electron chi connectivity index (χ1n) is 5.25. The number of hydrogen-bond donors (Lipinski definition) is 0. The van der Waals surface area contributed by atoms with E-state index in [1.807, 2.05) is 6.92 Å². The molecule has 0 radical (unpaired) electrons. The molecule has 0 fully saturated rings. The van der Waals surface area contributed by atoms with Crippen LogP contribution < -0.4 is 0 Å². The summed E-state index contributed by atoms with van der Waals surface area (Å²) in [6.07, 6.45) is 0. The fraction of sp³-hybridized carbons (Fsp3) is 0.364. The Morgan fingerprint density at radius 3 is 2.78 bits per heavy atom. The molecule has 0 saturated heterocycles. The second-order valence-electron chi connectivity index (χ2n) is 3.23. The van der Waals surface area contributed by atoms with Crippen molar-refractivity contribution in [1.82, 2.24) is 0 Å². The molecule has 6 nitrogen and oxygen atoms in total. The first kappa shape index (κ1) is 14.6. The van der Waals surface area contributed by atoms with Gasteiger partial charge in [-0.3, -0.25) is 10.1 Å². The van der Waals surface area contributed by atoms with E-state index < -0.39 is 10.9 Å². The zero-order valence-corrected chi connectivity index (χ0v) is 11.3. The summed E-state index contributed by atoms with van der Waals surface area (Å²) in [6, 6.07) is 4.20. The number of carbonyl (C=O) groups excluding carboxylic acids is 1. The van der Waals surface area contributed by atoms with Crippen LogP contribution in [0.3, 0.4) is 0 Å². The van der Waals surface area contributed by atoms with E-state index in [1.165, 1.54) is 18.2 Å². The van der Waals surface area contributed by atoms with Crippen LogP contribution in [-0.4, -0.2) is 30.7 Å². The lowest BCUT2D eigenvalue weighted by Gasteiger charge is -2.06. The van der Waals surface area contributed by atoms with Crippen LogP contribution in [0.2, 0.25) is 0 Å². The fourth-order valence-corrected chi connectivity index (χ4v) is 1.80. The largest absolute Gasteiger partial charge is 0.460 e. The summed E-state index contributed by atoms with van der Waals surface area (Å²) in [5.74, 6) is -0.620. The smallest absolute Gasteiger partial charge is 0.339 e. The van der Waals surface area contributed by atoms with Crippen LogP contribution in [0.5, 0.6) is 0 Å². The van der Waals surface area contributed by atoms with Gasteiger partial charge in [-0.1, -0.05) is 6.07 Å². The molecule has 98 valence electrons. The molecule has 0 heterocycles. The number of benzene rings is 1. The molecule has 0 atom stereocenters. The number of esters is 1. The topological polar surface area (TPSA) is 78.7 Å². The molecule has 1 rings (SSSR count). The molecular weight excluding hydrogens is 306 g/mol. The molecule has 0 saturated carbocycles. The van der Waals surface area contributed by atoms with E-state index in [-0.39, 0.29) is 22.3 Å². The predicted molar refractivity (Wildman–Crippen MR) is 67.6 cm³/mol. The minimum absolute atomic E-state index is 0.113. The lowest BCUT2D eigenvalue weighted by molar-refractivity contribution is -0.385. The highest BCUT2D eigenvalue weighted by Crippen LogP contribution is 2.28. The summed E-state index contributed by atoms with van der Waals surface area (Å²) < 4.78 is 10.1. The van der Waals surface area contributed by atoms with Gasteiger partial charge in [-0.15, -0.1) is 0 Å². The number of rotatable bonds is 6. The van der Waals surface area contributed by atoms with Crippen molar-refractivity contribution in [2.75, 3.05) is 19.8 Å². The Balaban J connectivity index is 2.74. The van der Waals surface area contributed by atoms with Gasteiger partial charge in [0.25, 0.3) is 5.69 Å². The molecular formula is C11H12BrNO5. The van der Waals surface area contributed by atoms with Crippen LogP contribution in [0.25, 0.3) is 0 Å². The van der Waals surface area contributed by atoms with E-state index in [0.29, 0.717) is 13.2 Å². The third-order valence-electron chi connectivity index (χ3n) is 2.06. The number of nitro groups is 1. The van der Waals surface area contributed by atoms with Gasteiger partial charge < -0.3 is 9.47 Å². The highest BCUT2D eigenvalue weighted by atomic mass is 79.9.